The fourth-order valence-electron chi connectivity index (χ4n) is 3.42. The Balaban J connectivity index is 1.87. The van der Waals surface area contributed by atoms with Crippen molar-refractivity contribution in [2.45, 2.75) is 26.8 Å². The molecular formula is C24H28N6O3. The van der Waals surface area contributed by atoms with E-state index in [0.29, 0.717) is 35.9 Å². The standard InChI is InChI=1S/C24H28N6O3/c1-16(2)22(31)29(3)19-10-11-21-20(14-19)27-23(30(21)12-5-13-33-4)28-24(32)26-18-8-6-17(15-25)7-9-18/h6-11,14,16H,5,12-13H2,1-4H3,(H2,26,27,28,32). The number of hydrogen-bond acceptors (Lipinski definition) is 5. The van der Waals surface area contributed by atoms with Gasteiger partial charge in [0.25, 0.3) is 0 Å². The lowest BCUT2D eigenvalue weighted by Crippen LogP contribution is -2.30. The third kappa shape index (κ3) is 5.67. The van der Waals surface area contributed by atoms with Crippen molar-refractivity contribution < 1.29 is 14.3 Å². The van der Waals surface area contributed by atoms with Crippen LogP contribution < -0.4 is 15.5 Å². The Morgan fingerprint density at radius 1 is 1.18 bits per heavy atom. The van der Waals surface area contributed by atoms with E-state index in [9.17, 15) is 9.59 Å². The van der Waals surface area contributed by atoms with Crippen molar-refractivity contribution in [2.75, 3.05) is 36.3 Å². The largest absolute Gasteiger partial charge is 0.385 e. The molecule has 0 atom stereocenters. The molecule has 3 aromatic rings. The number of aromatic nitrogens is 2. The Labute approximate surface area is 193 Å². The number of benzene rings is 2. The number of carbonyl (C=O) groups is 2. The molecule has 0 aliphatic carbocycles. The van der Waals surface area contributed by atoms with Crippen molar-refractivity contribution in [1.82, 2.24) is 9.55 Å². The summed E-state index contributed by atoms with van der Waals surface area (Å²) in [5.41, 5.74) is 3.31. The first-order chi connectivity index (χ1) is 15.8. The first kappa shape index (κ1) is 23.8. The van der Waals surface area contributed by atoms with E-state index in [4.69, 9.17) is 10.00 Å². The number of carbonyl (C=O) groups excluding carboxylic acids is 2. The van der Waals surface area contributed by atoms with Gasteiger partial charge in [-0.3, -0.25) is 10.1 Å². The van der Waals surface area contributed by atoms with Gasteiger partial charge < -0.3 is 19.5 Å². The first-order valence-corrected chi connectivity index (χ1v) is 10.7. The lowest BCUT2D eigenvalue weighted by Gasteiger charge is -2.19. The van der Waals surface area contributed by atoms with Crippen LogP contribution in [-0.4, -0.2) is 42.3 Å². The summed E-state index contributed by atoms with van der Waals surface area (Å²) in [6.07, 6.45) is 0.737. The number of nitrogens with one attached hydrogen (secondary N) is 2. The average molecular weight is 449 g/mol. The molecule has 9 heteroatoms. The molecule has 2 N–H and O–H groups in total. The fraction of sp³-hybridized carbons (Fsp3) is 0.333. The van der Waals surface area contributed by atoms with Crippen LogP contribution >= 0.6 is 0 Å². The number of fused-ring (bicyclic) bond motifs is 1. The van der Waals surface area contributed by atoms with E-state index < -0.39 is 6.03 Å². The Morgan fingerprint density at radius 2 is 1.91 bits per heavy atom. The minimum atomic E-state index is -0.449. The molecule has 0 saturated carbocycles. The second-order valence-corrected chi connectivity index (χ2v) is 7.93. The van der Waals surface area contributed by atoms with Crippen molar-refractivity contribution >= 4 is 40.3 Å². The monoisotopic (exact) mass is 448 g/mol. The van der Waals surface area contributed by atoms with Crippen LogP contribution in [0.15, 0.2) is 42.5 Å². The molecule has 33 heavy (non-hydrogen) atoms. The molecular weight excluding hydrogens is 420 g/mol. The van der Waals surface area contributed by atoms with Gasteiger partial charge >= 0.3 is 6.03 Å². The third-order valence-electron chi connectivity index (χ3n) is 5.17. The second-order valence-electron chi connectivity index (χ2n) is 7.93. The number of amides is 3. The second kappa shape index (κ2) is 10.6. The van der Waals surface area contributed by atoms with E-state index in [1.165, 1.54) is 0 Å². The molecule has 0 saturated heterocycles. The Hall–Kier alpha value is -3.90. The number of ether oxygens (including phenoxy) is 1. The van der Waals surface area contributed by atoms with Crippen molar-refractivity contribution in [3.05, 3.63) is 48.0 Å². The molecule has 3 rings (SSSR count). The number of imidazole rings is 1. The number of rotatable bonds is 8. The van der Waals surface area contributed by atoms with Crippen molar-refractivity contribution in [1.29, 1.82) is 5.26 Å². The van der Waals surface area contributed by atoms with Crippen LogP contribution in [0.25, 0.3) is 11.0 Å². The van der Waals surface area contributed by atoms with Crippen molar-refractivity contribution in [3.63, 3.8) is 0 Å². The molecule has 0 unspecified atom stereocenters. The van der Waals surface area contributed by atoms with Gasteiger partial charge in [0.15, 0.2) is 0 Å². The van der Waals surface area contributed by atoms with Crippen molar-refractivity contribution in [2.24, 2.45) is 5.92 Å². The maximum atomic E-state index is 12.6. The van der Waals surface area contributed by atoms with Gasteiger partial charge in [-0.1, -0.05) is 13.8 Å². The van der Waals surface area contributed by atoms with Gasteiger partial charge in [0, 0.05) is 44.6 Å². The lowest BCUT2D eigenvalue weighted by molar-refractivity contribution is -0.121. The first-order valence-electron chi connectivity index (χ1n) is 10.7. The number of nitrogens with zero attached hydrogens (tertiary/aromatic N) is 4. The van der Waals surface area contributed by atoms with Crippen LogP contribution in [0.2, 0.25) is 0 Å². The predicted molar refractivity (Wildman–Crippen MR) is 128 cm³/mol. The third-order valence-corrected chi connectivity index (χ3v) is 5.17. The summed E-state index contributed by atoms with van der Waals surface area (Å²) in [5, 5.41) is 14.5. The minimum Gasteiger partial charge on any atom is -0.385 e. The SMILES string of the molecule is COCCCn1c(NC(=O)Nc2ccc(C#N)cc2)nc2cc(N(C)C(=O)C(C)C)ccc21. The highest BCUT2D eigenvalue weighted by Crippen LogP contribution is 2.26. The van der Waals surface area contributed by atoms with Crippen LogP contribution in [-0.2, 0) is 16.1 Å². The van der Waals surface area contributed by atoms with E-state index >= 15 is 0 Å². The molecule has 1 aromatic heterocycles. The zero-order valence-corrected chi connectivity index (χ0v) is 19.3. The maximum Gasteiger partial charge on any atom is 0.326 e. The Bertz CT molecular complexity index is 1180. The minimum absolute atomic E-state index is 0.00835. The smallest absolute Gasteiger partial charge is 0.326 e. The Kier molecular flexibility index (Phi) is 7.64. The van der Waals surface area contributed by atoms with Crippen molar-refractivity contribution in [3.8, 4) is 6.07 Å². The Morgan fingerprint density at radius 3 is 2.55 bits per heavy atom. The lowest BCUT2D eigenvalue weighted by atomic mass is 10.1. The van der Waals surface area contributed by atoms with Gasteiger partial charge in [0.05, 0.1) is 22.7 Å². The molecule has 1 heterocycles. The summed E-state index contributed by atoms with van der Waals surface area (Å²) in [6.45, 7) is 4.88. The van der Waals surface area contributed by atoms with E-state index in [2.05, 4.69) is 15.6 Å². The van der Waals surface area contributed by atoms with E-state index in [1.54, 1.807) is 43.3 Å². The number of methoxy groups -OCH3 is 1. The number of hydrogen-bond donors (Lipinski definition) is 2. The summed E-state index contributed by atoms with van der Waals surface area (Å²) in [7, 11) is 3.38. The molecule has 2 aromatic carbocycles. The van der Waals surface area contributed by atoms with Gasteiger partial charge in [-0.2, -0.15) is 5.26 Å². The summed E-state index contributed by atoms with van der Waals surface area (Å²) in [6, 6.07) is 13.8. The molecule has 0 spiro atoms. The topological polar surface area (TPSA) is 112 Å². The van der Waals surface area contributed by atoms with Crippen LogP contribution in [0, 0.1) is 17.2 Å². The molecule has 0 radical (unpaired) electrons. The van der Waals surface area contributed by atoms with Crippen LogP contribution in [0.5, 0.6) is 0 Å². The zero-order valence-electron chi connectivity index (χ0n) is 19.3. The van der Waals surface area contributed by atoms with Gasteiger partial charge in [-0.25, -0.2) is 9.78 Å². The maximum absolute atomic E-state index is 12.6. The number of urea groups is 1. The molecule has 0 aliphatic rings. The van der Waals surface area contributed by atoms with Gasteiger partial charge in [0.1, 0.15) is 0 Å². The molecule has 3 amide bonds. The van der Waals surface area contributed by atoms with Crippen LogP contribution in [0.3, 0.4) is 0 Å². The van der Waals surface area contributed by atoms with Gasteiger partial charge in [-0.15, -0.1) is 0 Å². The summed E-state index contributed by atoms with van der Waals surface area (Å²) >= 11 is 0. The van der Waals surface area contributed by atoms with E-state index in [-0.39, 0.29) is 11.8 Å². The van der Waals surface area contributed by atoms with Gasteiger partial charge in [0.2, 0.25) is 11.9 Å². The molecule has 0 fully saturated rings. The summed E-state index contributed by atoms with van der Waals surface area (Å²) in [5.74, 6) is 0.275. The fourth-order valence-corrected chi connectivity index (χ4v) is 3.42. The average Bonchev–Trinajstić information content (AvgIpc) is 3.14. The van der Waals surface area contributed by atoms with Crippen LogP contribution in [0.4, 0.5) is 22.1 Å². The highest BCUT2D eigenvalue weighted by molar-refractivity contribution is 6.00. The molecule has 172 valence electrons. The number of aryl methyl sites for hydroxylation is 1. The van der Waals surface area contributed by atoms with Gasteiger partial charge in [-0.05, 0) is 48.9 Å². The number of anilines is 3. The summed E-state index contributed by atoms with van der Waals surface area (Å²) < 4.78 is 7.09. The van der Waals surface area contributed by atoms with Crippen LogP contribution in [0.1, 0.15) is 25.8 Å². The molecule has 0 aliphatic heterocycles. The highest BCUT2D eigenvalue weighted by atomic mass is 16.5. The number of nitriles is 1. The summed E-state index contributed by atoms with van der Waals surface area (Å²) in [4.78, 5) is 31.2. The quantitative estimate of drug-likeness (QED) is 0.502. The predicted octanol–water partition coefficient (Wildman–Crippen LogP) is 4.21. The molecule has 0 bridgehead atoms. The van der Waals surface area contributed by atoms with E-state index in [1.807, 2.05) is 42.7 Å². The molecule has 9 nitrogen and oxygen atoms in total. The normalized spacial score (nSPS) is 10.8. The van der Waals surface area contributed by atoms with E-state index in [0.717, 1.165) is 17.6 Å². The highest BCUT2D eigenvalue weighted by Gasteiger charge is 2.18. The zero-order chi connectivity index (χ0) is 24.0.